The molecule has 0 saturated carbocycles. The summed E-state index contributed by atoms with van der Waals surface area (Å²) in [6, 6.07) is 32.2. The van der Waals surface area contributed by atoms with Crippen LogP contribution in [0.25, 0.3) is 21.9 Å². The molecule has 0 heterocycles. The first-order valence-electron chi connectivity index (χ1n) is 13.4. The van der Waals surface area contributed by atoms with Crippen molar-refractivity contribution in [2.45, 2.75) is 64.7 Å². The van der Waals surface area contributed by atoms with E-state index in [4.69, 9.17) is 4.74 Å². The van der Waals surface area contributed by atoms with Crippen LogP contribution in [0.1, 0.15) is 63.3 Å². The maximum Gasteiger partial charge on any atom is 0.0898 e. The summed E-state index contributed by atoms with van der Waals surface area (Å²) in [5.74, 6) is 0.460. The average molecular weight is 496 g/mol. The van der Waals surface area contributed by atoms with Gasteiger partial charge in [-0.15, -0.1) is 0 Å². The second kappa shape index (κ2) is 12.0. The zero-order valence-corrected chi connectivity index (χ0v) is 22.9. The molecule has 0 bridgehead atoms. The van der Waals surface area contributed by atoms with Crippen molar-refractivity contribution in [3.8, 4) is 11.1 Å². The summed E-state index contributed by atoms with van der Waals surface area (Å²) in [5, 5.41) is 16.7. The normalized spacial score (nSPS) is 13.7. The Morgan fingerprint density at radius 1 is 0.811 bits per heavy atom. The lowest BCUT2D eigenvalue weighted by Gasteiger charge is -2.28. The largest absolute Gasteiger partial charge is 0.389 e. The van der Waals surface area contributed by atoms with Crippen LogP contribution in [0.3, 0.4) is 0 Å². The molecule has 0 spiro atoms. The molecule has 1 unspecified atom stereocenters. The smallest absolute Gasteiger partial charge is 0.0898 e. The van der Waals surface area contributed by atoms with Gasteiger partial charge in [-0.1, -0.05) is 98.8 Å². The van der Waals surface area contributed by atoms with Crippen LogP contribution in [0.4, 0.5) is 0 Å². The zero-order chi connectivity index (χ0) is 26.4. The maximum atomic E-state index is 10.7. The number of benzene rings is 4. The van der Waals surface area contributed by atoms with Crippen LogP contribution in [0, 0.1) is 0 Å². The van der Waals surface area contributed by atoms with E-state index in [2.05, 4.69) is 131 Å². The molecule has 4 aromatic rings. The lowest BCUT2D eigenvalue weighted by atomic mass is 9.91. The van der Waals surface area contributed by atoms with Crippen LogP contribution in [-0.4, -0.2) is 29.9 Å². The molecule has 2 N–H and O–H groups in total. The van der Waals surface area contributed by atoms with E-state index in [-0.39, 0.29) is 18.2 Å². The van der Waals surface area contributed by atoms with Gasteiger partial charge in [0.1, 0.15) is 0 Å². The van der Waals surface area contributed by atoms with Gasteiger partial charge in [0.05, 0.1) is 18.8 Å². The number of β-amino-alcohol motifs (C(OH)–C–C–N with tert-alkyl or cyclic N) is 1. The fourth-order valence-corrected chi connectivity index (χ4v) is 4.95. The quantitative estimate of drug-likeness (QED) is 0.224. The molecule has 2 atom stereocenters. The molecule has 0 aliphatic carbocycles. The second-order valence-corrected chi connectivity index (χ2v) is 11.1. The van der Waals surface area contributed by atoms with Crippen molar-refractivity contribution in [3.63, 3.8) is 0 Å². The predicted octanol–water partition coefficient (Wildman–Crippen LogP) is 7.68. The van der Waals surface area contributed by atoms with Gasteiger partial charge < -0.3 is 15.2 Å². The van der Waals surface area contributed by atoms with E-state index >= 15 is 0 Å². The molecule has 0 aliphatic rings. The highest BCUT2D eigenvalue weighted by Crippen LogP contribution is 2.31. The highest BCUT2D eigenvalue weighted by atomic mass is 16.5. The molecule has 194 valence electrons. The van der Waals surface area contributed by atoms with E-state index in [0.29, 0.717) is 12.5 Å². The summed E-state index contributed by atoms with van der Waals surface area (Å²) in [7, 11) is 0. The molecule has 37 heavy (non-hydrogen) atoms. The highest BCUT2D eigenvalue weighted by Gasteiger charge is 2.20. The van der Waals surface area contributed by atoms with Crippen molar-refractivity contribution in [2.75, 3.05) is 13.2 Å². The Hall–Kier alpha value is -2.98. The van der Waals surface area contributed by atoms with Crippen molar-refractivity contribution in [1.29, 1.82) is 0 Å². The van der Waals surface area contributed by atoms with Gasteiger partial charge in [0.25, 0.3) is 0 Å². The molecule has 0 saturated heterocycles. The predicted molar refractivity (Wildman–Crippen MR) is 156 cm³/mol. The highest BCUT2D eigenvalue weighted by molar-refractivity contribution is 5.83. The van der Waals surface area contributed by atoms with Crippen LogP contribution in [0.15, 0.2) is 91.0 Å². The third kappa shape index (κ3) is 7.29. The molecule has 0 fully saturated rings. The second-order valence-electron chi connectivity index (χ2n) is 11.1. The first kappa shape index (κ1) is 27.1. The molecule has 3 heteroatoms. The lowest BCUT2D eigenvalue weighted by molar-refractivity contribution is -0.00416. The van der Waals surface area contributed by atoms with Crippen molar-refractivity contribution >= 4 is 10.8 Å². The molecule has 0 amide bonds. The fourth-order valence-electron chi connectivity index (χ4n) is 4.95. The van der Waals surface area contributed by atoms with Crippen LogP contribution < -0.4 is 5.32 Å². The SMILES string of the molecule is CC(C)c1ccccc1-c1cccc(C(C)OC[C@H](O)CNC(C)(C)Cc2ccc3ccccc3c2)c1. The van der Waals surface area contributed by atoms with Gasteiger partial charge in [0.2, 0.25) is 0 Å². The molecule has 0 aromatic heterocycles. The summed E-state index contributed by atoms with van der Waals surface area (Å²) >= 11 is 0. The number of ether oxygens (including phenoxy) is 1. The Morgan fingerprint density at radius 2 is 1.54 bits per heavy atom. The van der Waals surface area contributed by atoms with Gasteiger partial charge in [-0.3, -0.25) is 0 Å². The number of aliphatic hydroxyl groups excluding tert-OH is 1. The fraction of sp³-hybridized carbons (Fsp3) is 0.353. The molecule has 4 rings (SSSR count). The Bertz CT molecular complexity index is 1310. The number of nitrogens with one attached hydrogen (secondary N) is 1. The number of hydrogen-bond acceptors (Lipinski definition) is 3. The summed E-state index contributed by atoms with van der Waals surface area (Å²) in [4.78, 5) is 0. The van der Waals surface area contributed by atoms with E-state index in [1.165, 1.54) is 33.0 Å². The topological polar surface area (TPSA) is 41.5 Å². The maximum absolute atomic E-state index is 10.7. The first-order valence-corrected chi connectivity index (χ1v) is 13.4. The van der Waals surface area contributed by atoms with E-state index in [1.54, 1.807) is 0 Å². The average Bonchev–Trinajstić information content (AvgIpc) is 2.90. The molecular weight excluding hydrogens is 454 g/mol. The van der Waals surface area contributed by atoms with E-state index in [9.17, 15) is 5.11 Å². The molecule has 0 radical (unpaired) electrons. The summed E-state index contributed by atoms with van der Waals surface area (Å²) in [5.41, 5.74) is 6.08. The Kier molecular flexibility index (Phi) is 8.81. The van der Waals surface area contributed by atoms with Gasteiger partial charge >= 0.3 is 0 Å². The van der Waals surface area contributed by atoms with Crippen molar-refractivity contribution < 1.29 is 9.84 Å². The Balaban J connectivity index is 1.30. The molecule has 0 aliphatic heterocycles. The standard InChI is InChI=1S/C34H41NO2/c1-24(2)32-15-8-9-16-33(32)30-14-10-13-28(20-30)25(3)37-23-31(36)22-35-34(4,5)21-26-17-18-27-11-6-7-12-29(27)19-26/h6-20,24-25,31,35-36H,21-23H2,1-5H3/t25?,31-/m1/s1. The molecule has 3 nitrogen and oxygen atoms in total. The third-order valence-electron chi connectivity index (χ3n) is 7.06. The minimum absolute atomic E-state index is 0.105. The van der Waals surface area contributed by atoms with Crippen LogP contribution in [0.2, 0.25) is 0 Å². The van der Waals surface area contributed by atoms with Crippen LogP contribution >= 0.6 is 0 Å². The first-order chi connectivity index (χ1) is 17.7. The zero-order valence-electron chi connectivity index (χ0n) is 22.9. The lowest BCUT2D eigenvalue weighted by Crippen LogP contribution is -2.46. The summed E-state index contributed by atoms with van der Waals surface area (Å²) in [6.45, 7) is 11.6. The van der Waals surface area contributed by atoms with Crippen LogP contribution in [0.5, 0.6) is 0 Å². The van der Waals surface area contributed by atoms with Gasteiger partial charge in [-0.05, 0) is 77.8 Å². The van der Waals surface area contributed by atoms with Gasteiger partial charge in [-0.25, -0.2) is 0 Å². The van der Waals surface area contributed by atoms with E-state index in [0.717, 1.165) is 12.0 Å². The molecule has 4 aromatic carbocycles. The van der Waals surface area contributed by atoms with E-state index in [1.807, 2.05) is 0 Å². The number of aliphatic hydroxyl groups is 1. The minimum atomic E-state index is -0.580. The van der Waals surface area contributed by atoms with Crippen LogP contribution in [-0.2, 0) is 11.2 Å². The van der Waals surface area contributed by atoms with E-state index < -0.39 is 6.10 Å². The summed E-state index contributed by atoms with van der Waals surface area (Å²) in [6.07, 6.45) is 0.196. The molecular formula is C34H41NO2. The number of rotatable bonds is 11. The Labute approximate surface area is 222 Å². The monoisotopic (exact) mass is 495 g/mol. The van der Waals surface area contributed by atoms with Crippen molar-refractivity contribution in [3.05, 3.63) is 108 Å². The summed E-state index contributed by atoms with van der Waals surface area (Å²) < 4.78 is 6.10. The third-order valence-corrected chi connectivity index (χ3v) is 7.06. The number of hydrogen-bond donors (Lipinski definition) is 2. The van der Waals surface area contributed by atoms with Crippen molar-refractivity contribution in [2.24, 2.45) is 0 Å². The number of fused-ring (bicyclic) bond motifs is 1. The van der Waals surface area contributed by atoms with Crippen molar-refractivity contribution in [1.82, 2.24) is 5.32 Å². The van der Waals surface area contributed by atoms with Gasteiger partial charge in [0, 0.05) is 12.1 Å². The minimum Gasteiger partial charge on any atom is -0.389 e. The van der Waals surface area contributed by atoms with Gasteiger partial charge in [0.15, 0.2) is 0 Å². The van der Waals surface area contributed by atoms with Gasteiger partial charge in [-0.2, -0.15) is 0 Å². The Morgan fingerprint density at radius 3 is 2.32 bits per heavy atom.